The van der Waals surface area contributed by atoms with Gasteiger partial charge in [0, 0.05) is 8.59 Å². The maximum absolute atomic E-state index is 12.3. The second kappa shape index (κ2) is 6.45. The predicted octanol–water partition coefficient (Wildman–Crippen LogP) is 4.51. The molecule has 1 amide bonds. The van der Waals surface area contributed by atoms with Crippen LogP contribution in [0, 0.1) is 10.5 Å². The minimum atomic E-state index is -0.208. The Morgan fingerprint density at radius 2 is 2.00 bits per heavy atom. The number of nitrogens with one attached hydrogen (secondary N) is 1. The minimum absolute atomic E-state index is 0.208. The Morgan fingerprint density at radius 1 is 1.25 bits per heavy atom. The predicted molar refractivity (Wildman–Crippen MR) is 89.9 cm³/mol. The molecule has 2 aromatic carbocycles. The number of anilines is 1. The number of amides is 1. The van der Waals surface area contributed by atoms with Crippen molar-refractivity contribution in [2.45, 2.75) is 6.92 Å². The van der Waals surface area contributed by atoms with Gasteiger partial charge in [-0.2, -0.15) is 0 Å². The molecule has 20 heavy (non-hydrogen) atoms. The van der Waals surface area contributed by atoms with Gasteiger partial charge in [-0.3, -0.25) is 4.79 Å². The summed E-state index contributed by atoms with van der Waals surface area (Å²) in [6, 6.07) is 10.8. The van der Waals surface area contributed by atoms with Crippen LogP contribution in [0.25, 0.3) is 0 Å². The van der Waals surface area contributed by atoms with E-state index in [1.54, 1.807) is 19.2 Å². The molecule has 0 aliphatic heterocycles. The summed E-state index contributed by atoms with van der Waals surface area (Å²) in [5.41, 5.74) is 2.23. The normalized spacial score (nSPS) is 10.2. The quantitative estimate of drug-likeness (QED) is 0.768. The van der Waals surface area contributed by atoms with Gasteiger partial charge in [0.25, 0.3) is 5.91 Å². The van der Waals surface area contributed by atoms with E-state index in [0.29, 0.717) is 22.0 Å². The molecule has 0 aliphatic rings. The van der Waals surface area contributed by atoms with Gasteiger partial charge in [0.1, 0.15) is 5.75 Å². The first kappa shape index (κ1) is 15.1. The van der Waals surface area contributed by atoms with Gasteiger partial charge in [-0.05, 0) is 65.4 Å². The average molecular weight is 402 g/mol. The topological polar surface area (TPSA) is 38.3 Å². The van der Waals surface area contributed by atoms with E-state index in [1.165, 1.54) is 0 Å². The molecule has 104 valence electrons. The van der Waals surface area contributed by atoms with Crippen molar-refractivity contribution >= 4 is 45.8 Å². The van der Waals surface area contributed by atoms with Gasteiger partial charge in [-0.1, -0.05) is 17.7 Å². The van der Waals surface area contributed by atoms with Crippen molar-refractivity contribution < 1.29 is 9.53 Å². The van der Waals surface area contributed by atoms with Crippen LogP contribution in [0.1, 0.15) is 15.9 Å². The average Bonchev–Trinajstić information content (AvgIpc) is 2.41. The van der Waals surface area contributed by atoms with Gasteiger partial charge in [-0.25, -0.2) is 0 Å². The molecule has 0 fully saturated rings. The Balaban J connectivity index is 2.32. The number of rotatable bonds is 3. The van der Waals surface area contributed by atoms with Crippen molar-refractivity contribution in [3.8, 4) is 5.75 Å². The van der Waals surface area contributed by atoms with Gasteiger partial charge in [0.2, 0.25) is 0 Å². The Morgan fingerprint density at radius 3 is 2.70 bits per heavy atom. The molecule has 0 unspecified atom stereocenters. The second-order valence-electron chi connectivity index (χ2n) is 4.28. The first-order chi connectivity index (χ1) is 9.51. The lowest BCUT2D eigenvalue weighted by Crippen LogP contribution is -2.14. The molecule has 0 saturated heterocycles. The van der Waals surface area contributed by atoms with E-state index in [4.69, 9.17) is 16.3 Å². The zero-order chi connectivity index (χ0) is 14.7. The number of ether oxygens (including phenoxy) is 1. The van der Waals surface area contributed by atoms with E-state index in [2.05, 4.69) is 27.9 Å². The van der Waals surface area contributed by atoms with Gasteiger partial charge in [0.15, 0.2) is 0 Å². The highest BCUT2D eigenvalue weighted by atomic mass is 127. The summed E-state index contributed by atoms with van der Waals surface area (Å²) in [6.45, 7) is 1.96. The second-order valence-corrected chi connectivity index (χ2v) is 5.88. The van der Waals surface area contributed by atoms with Crippen LogP contribution in [0.5, 0.6) is 5.75 Å². The summed E-state index contributed by atoms with van der Waals surface area (Å²) in [5.74, 6) is 0.418. The summed E-state index contributed by atoms with van der Waals surface area (Å²) in [7, 11) is 1.57. The smallest absolute Gasteiger partial charge is 0.256 e. The molecule has 0 bridgehead atoms. The molecule has 1 N–H and O–H groups in total. The fourth-order valence-electron chi connectivity index (χ4n) is 1.78. The Labute approximate surface area is 136 Å². The lowest BCUT2D eigenvalue weighted by Gasteiger charge is -2.12. The molecule has 0 spiro atoms. The third-order valence-corrected chi connectivity index (χ3v) is 3.95. The van der Waals surface area contributed by atoms with E-state index >= 15 is 0 Å². The molecule has 0 atom stereocenters. The molecule has 2 aromatic rings. The summed E-state index contributed by atoms with van der Waals surface area (Å²) in [6.07, 6.45) is 0. The van der Waals surface area contributed by atoms with E-state index in [1.807, 2.05) is 31.2 Å². The van der Waals surface area contributed by atoms with Crippen molar-refractivity contribution in [2.75, 3.05) is 12.4 Å². The lowest BCUT2D eigenvalue weighted by molar-refractivity contribution is 0.102. The molecule has 0 radical (unpaired) electrons. The minimum Gasteiger partial charge on any atom is -0.495 e. The number of benzene rings is 2. The first-order valence-corrected chi connectivity index (χ1v) is 7.38. The molecular formula is C15H13ClINO2. The highest BCUT2D eigenvalue weighted by Crippen LogP contribution is 2.26. The molecular weight excluding hydrogens is 389 g/mol. The third-order valence-electron chi connectivity index (χ3n) is 2.78. The number of hydrogen-bond acceptors (Lipinski definition) is 2. The summed E-state index contributed by atoms with van der Waals surface area (Å²) in [5, 5.41) is 3.39. The van der Waals surface area contributed by atoms with Gasteiger partial charge < -0.3 is 10.1 Å². The van der Waals surface area contributed by atoms with Crippen molar-refractivity contribution in [1.29, 1.82) is 0 Å². The van der Waals surface area contributed by atoms with Crippen LogP contribution >= 0.6 is 34.2 Å². The van der Waals surface area contributed by atoms with Crippen LogP contribution in [0.4, 0.5) is 5.69 Å². The monoisotopic (exact) mass is 401 g/mol. The van der Waals surface area contributed by atoms with Crippen molar-refractivity contribution in [3.05, 3.63) is 56.1 Å². The summed E-state index contributed by atoms with van der Waals surface area (Å²) in [4.78, 5) is 12.3. The van der Waals surface area contributed by atoms with E-state index < -0.39 is 0 Å². The van der Waals surface area contributed by atoms with E-state index in [9.17, 15) is 4.79 Å². The SMILES string of the molecule is COc1ccc(C)cc1NC(=O)c1cc(Cl)ccc1I. The van der Waals surface area contributed by atoms with Crippen molar-refractivity contribution in [3.63, 3.8) is 0 Å². The van der Waals surface area contributed by atoms with Crippen molar-refractivity contribution in [2.24, 2.45) is 0 Å². The van der Waals surface area contributed by atoms with Crippen LogP contribution in [0.3, 0.4) is 0 Å². The number of hydrogen-bond donors (Lipinski definition) is 1. The Bertz CT molecular complexity index is 658. The molecule has 0 saturated carbocycles. The van der Waals surface area contributed by atoms with E-state index in [0.717, 1.165) is 9.13 Å². The lowest BCUT2D eigenvalue weighted by atomic mass is 10.1. The zero-order valence-corrected chi connectivity index (χ0v) is 13.9. The van der Waals surface area contributed by atoms with Crippen molar-refractivity contribution in [1.82, 2.24) is 0 Å². The summed E-state index contributed by atoms with van der Waals surface area (Å²) >= 11 is 8.05. The Kier molecular flexibility index (Phi) is 4.88. The fourth-order valence-corrected chi connectivity index (χ4v) is 2.53. The van der Waals surface area contributed by atoms with Gasteiger partial charge in [0.05, 0.1) is 18.4 Å². The number of aryl methyl sites for hydroxylation is 1. The van der Waals surface area contributed by atoms with Crippen LogP contribution in [-0.2, 0) is 0 Å². The number of halogens is 2. The zero-order valence-electron chi connectivity index (χ0n) is 11.0. The highest BCUT2D eigenvalue weighted by molar-refractivity contribution is 14.1. The number of carbonyl (C=O) groups excluding carboxylic acids is 1. The largest absolute Gasteiger partial charge is 0.495 e. The summed E-state index contributed by atoms with van der Waals surface area (Å²) < 4.78 is 6.09. The third kappa shape index (κ3) is 3.43. The number of methoxy groups -OCH3 is 1. The Hall–Kier alpha value is -1.27. The first-order valence-electron chi connectivity index (χ1n) is 5.92. The molecule has 0 heterocycles. The van der Waals surface area contributed by atoms with Crippen LogP contribution < -0.4 is 10.1 Å². The molecule has 0 aromatic heterocycles. The van der Waals surface area contributed by atoms with Crippen LogP contribution in [0.15, 0.2) is 36.4 Å². The maximum atomic E-state index is 12.3. The maximum Gasteiger partial charge on any atom is 0.256 e. The van der Waals surface area contributed by atoms with Gasteiger partial charge in [-0.15, -0.1) is 0 Å². The van der Waals surface area contributed by atoms with Gasteiger partial charge >= 0.3 is 0 Å². The van der Waals surface area contributed by atoms with Crippen LogP contribution in [0.2, 0.25) is 5.02 Å². The molecule has 0 aliphatic carbocycles. The highest BCUT2D eigenvalue weighted by Gasteiger charge is 2.13. The molecule has 5 heteroatoms. The molecule has 3 nitrogen and oxygen atoms in total. The fraction of sp³-hybridized carbons (Fsp3) is 0.133. The standard InChI is InChI=1S/C15H13ClINO2/c1-9-3-6-14(20-2)13(7-9)18-15(19)11-8-10(16)4-5-12(11)17/h3-8H,1-2H3,(H,18,19). The number of carbonyl (C=O) groups is 1. The van der Waals surface area contributed by atoms with E-state index in [-0.39, 0.29) is 5.91 Å². The molecule has 2 rings (SSSR count). The van der Waals surface area contributed by atoms with Crippen LogP contribution in [-0.4, -0.2) is 13.0 Å².